The lowest BCUT2D eigenvalue weighted by Crippen LogP contribution is -2.59. The molecule has 3 aromatic heterocycles. The summed E-state index contributed by atoms with van der Waals surface area (Å²) in [5.74, 6) is -0.838. The third-order valence-corrected chi connectivity index (χ3v) is 6.83. The first kappa shape index (κ1) is 17.8. The number of hydrogen-bond donors (Lipinski definition) is 2. The quantitative estimate of drug-likeness (QED) is 0.495. The van der Waals surface area contributed by atoms with Gasteiger partial charge in [-0.15, -0.1) is 0 Å². The Morgan fingerprint density at radius 2 is 1.76 bits per heavy atom. The molecule has 2 aliphatic heterocycles. The number of rotatable bonds is 2. The van der Waals surface area contributed by atoms with Gasteiger partial charge in [-0.25, -0.2) is 0 Å². The van der Waals surface area contributed by atoms with Gasteiger partial charge < -0.3 is 9.90 Å². The summed E-state index contributed by atoms with van der Waals surface area (Å²) in [6, 6.07) is 13.4. The van der Waals surface area contributed by atoms with Crippen molar-refractivity contribution in [1.29, 1.82) is 0 Å². The number of benzene rings is 1. The molecule has 7 rings (SSSR count). The second-order valence-corrected chi connectivity index (χ2v) is 8.26. The molecule has 0 fully saturated rings. The summed E-state index contributed by atoms with van der Waals surface area (Å²) in [5, 5.41) is 27.6. The van der Waals surface area contributed by atoms with Crippen LogP contribution < -0.4 is 9.67 Å². The third kappa shape index (κ3) is 2.56. The van der Waals surface area contributed by atoms with Crippen molar-refractivity contribution in [3.05, 3.63) is 87.9 Å². The van der Waals surface area contributed by atoms with E-state index in [9.17, 15) is 0 Å². The molecule has 0 spiro atoms. The van der Waals surface area contributed by atoms with Gasteiger partial charge in [0.1, 0.15) is 0 Å². The normalized spacial score (nSPS) is 20.3. The first-order chi connectivity index (χ1) is 14.1. The number of aromatic amines is 2. The molecule has 0 saturated heterocycles. The van der Waals surface area contributed by atoms with Crippen LogP contribution in [0.3, 0.4) is 0 Å². The number of carbonyl (C=O) groups excluding carboxylic acids is 1. The van der Waals surface area contributed by atoms with Gasteiger partial charge in [0, 0.05) is 41.7 Å². The van der Waals surface area contributed by atoms with Gasteiger partial charge in [0.25, 0.3) is 0 Å². The lowest BCUT2D eigenvalue weighted by atomic mass is 9.57. The molecule has 2 bridgehead atoms. The summed E-state index contributed by atoms with van der Waals surface area (Å²) in [4.78, 5) is 8.89. The zero-order valence-electron chi connectivity index (χ0n) is 15.7. The topological polar surface area (TPSA) is 101 Å². The minimum Gasteiger partial charge on any atom is -0.550 e. The molecule has 3 aliphatic rings. The molecule has 0 saturated carbocycles. The fraction of sp³-hybridized carbons (Fsp3) is 0.238. The van der Waals surface area contributed by atoms with E-state index < -0.39 is 5.97 Å². The smallest absolute Gasteiger partial charge is 0.246 e. The van der Waals surface area contributed by atoms with Crippen molar-refractivity contribution >= 4 is 17.3 Å². The Kier molecular flexibility index (Phi) is 4.09. The predicted molar refractivity (Wildman–Crippen MR) is 104 cm³/mol. The summed E-state index contributed by atoms with van der Waals surface area (Å²) in [6.07, 6.45) is 6.93. The highest BCUT2D eigenvalue weighted by Crippen LogP contribution is 2.59. The van der Waals surface area contributed by atoms with Crippen LogP contribution in [0.4, 0.5) is 0 Å². The first-order valence-electron chi connectivity index (χ1n) is 9.37. The van der Waals surface area contributed by atoms with Crippen molar-refractivity contribution in [3.63, 3.8) is 0 Å². The van der Waals surface area contributed by atoms with Gasteiger partial charge in [-0.05, 0) is 24.6 Å². The maximum absolute atomic E-state index is 8.89. The average Bonchev–Trinajstić information content (AvgIpc) is 3.50. The number of fused-ring (bicyclic) bond motifs is 1. The van der Waals surface area contributed by atoms with Crippen LogP contribution in [-0.4, -0.2) is 26.4 Å². The van der Waals surface area contributed by atoms with Crippen molar-refractivity contribution in [1.82, 2.24) is 20.4 Å². The Bertz CT molecular complexity index is 1110. The summed E-state index contributed by atoms with van der Waals surface area (Å²) in [7, 11) is 0. The molecule has 0 amide bonds. The highest BCUT2D eigenvalue weighted by atomic mass is 32.1. The first-order valence-corrected chi connectivity index (χ1v) is 10.3. The van der Waals surface area contributed by atoms with Crippen LogP contribution in [0.5, 0.6) is 0 Å². The van der Waals surface area contributed by atoms with Crippen LogP contribution in [0.2, 0.25) is 0 Å². The van der Waals surface area contributed by atoms with Crippen LogP contribution >= 0.6 is 11.3 Å². The SMILES string of the molecule is CC(=O)[O-].c1ccc2c(c1)C1CC(c3ccn[nH]3)(c3ccn[nH]3)C2c2scc[n+]21. The van der Waals surface area contributed by atoms with E-state index >= 15 is 0 Å². The largest absolute Gasteiger partial charge is 0.550 e. The molecule has 2 unspecified atom stereocenters. The number of aliphatic carboxylic acids is 1. The molecule has 7 nitrogen and oxygen atoms in total. The molecular weight excluding hydrogens is 386 g/mol. The van der Waals surface area contributed by atoms with Crippen LogP contribution in [0.15, 0.2) is 60.4 Å². The minimum atomic E-state index is -1.08. The molecule has 1 aromatic carbocycles. The molecule has 29 heavy (non-hydrogen) atoms. The maximum Gasteiger partial charge on any atom is 0.246 e. The average molecular weight is 405 g/mol. The third-order valence-electron chi connectivity index (χ3n) is 5.88. The second-order valence-electron chi connectivity index (χ2n) is 7.33. The van der Waals surface area contributed by atoms with Gasteiger partial charge in [-0.2, -0.15) is 14.8 Å². The molecular formula is C21H19N5O2S. The lowest BCUT2D eigenvalue weighted by molar-refractivity contribution is -0.727. The number of carbonyl (C=O) groups is 1. The zero-order chi connectivity index (χ0) is 20.0. The van der Waals surface area contributed by atoms with Crippen molar-refractivity contribution in [2.75, 3.05) is 0 Å². The minimum absolute atomic E-state index is 0.198. The summed E-state index contributed by atoms with van der Waals surface area (Å²) >= 11 is 1.84. The van der Waals surface area contributed by atoms with E-state index in [1.54, 1.807) is 0 Å². The van der Waals surface area contributed by atoms with Gasteiger partial charge in [-0.1, -0.05) is 35.6 Å². The molecule has 146 valence electrons. The lowest BCUT2D eigenvalue weighted by Gasteiger charge is -2.46. The van der Waals surface area contributed by atoms with Gasteiger partial charge in [0.05, 0.1) is 16.7 Å². The molecule has 1 aliphatic carbocycles. The van der Waals surface area contributed by atoms with E-state index in [-0.39, 0.29) is 11.3 Å². The molecule has 2 N–H and O–H groups in total. The van der Waals surface area contributed by atoms with E-state index in [0.717, 1.165) is 24.7 Å². The molecule has 5 heterocycles. The number of H-pyrrole nitrogens is 2. The second kappa shape index (κ2) is 6.66. The highest BCUT2D eigenvalue weighted by Gasteiger charge is 2.61. The fourth-order valence-electron chi connectivity index (χ4n) is 4.93. The molecule has 4 aromatic rings. The number of carboxylic acid groups (broad SMARTS) is 1. The Morgan fingerprint density at radius 1 is 1.14 bits per heavy atom. The van der Waals surface area contributed by atoms with E-state index in [2.05, 4.69) is 72.9 Å². The Hall–Kier alpha value is -3.26. The molecule has 2 atom stereocenters. The van der Waals surface area contributed by atoms with Crippen LogP contribution in [-0.2, 0) is 10.2 Å². The van der Waals surface area contributed by atoms with Crippen molar-refractivity contribution in [2.45, 2.75) is 30.7 Å². The molecule has 0 radical (unpaired) electrons. The van der Waals surface area contributed by atoms with Gasteiger partial charge in [-0.3, -0.25) is 10.2 Å². The Balaban J connectivity index is 0.000000419. The van der Waals surface area contributed by atoms with Crippen LogP contribution in [0.1, 0.15) is 52.8 Å². The van der Waals surface area contributed by atoms with Crippen LogP contribution in [0, 0.1) is 0 Å². The predicted octanol–water partition coefficient (Wildman–Crippen LogP) is 1.66. The molecule has 8 heteroatoms. The Labute approximate surface area is 171 Å². The van der Waals surface area contributed by atoms with E-state index in [4.69, 9.17) is 9.90 Å². The fourth-order valence-corrected chi connectivity index (χ4v) is 6.03. The van der Waals surface area contributed by atoms with E-state index in [1.807, 2.05) is 23.7 Å². The van der Waals surface area contributed by atoms with E-state index in [0.29, 0.717) is 6.04 Å². The van der Waals surface area contributed by atoms with Gasteiger partial charge >= 0.3 is 0 Å². The number of nitrogens with one attached hydrogen (secondary N) is 2. The van der Waals surface area contributed by atoms with Gasteiger partial charge in [0.2, 0.25) is 5.01 Å². The maximum atomic E-state index is 8.89. The van der Waals surface area contributed by atoms with Crippen molar-refractivity contribution < 1.29 is 14.5 Å². The number of thiazole rings is 1. The highest BCUT2D eigenvalue weighted by molar-refractivity contribution is 7.09. The van der Waals surface area contributed by atoms with Crippen molar-refractivity contribution in [2.24, 2.45) is 0 Å². The summed E-state index contributed by atoms with van der Waals surface area (Å²) in [6.45, 7) is 0.972. The summed E-state index contributed by atoms with van der Waals surface area (Å²) in [5.41, 5.74) is 4.97. The number of hydrogen-bond acceptors (Lipinski definition) is 5. The Morgan fingerprint density at radius 3 is 2.34 bits per heavy atom. The van der Waals surface area contributed by atoms with E-state index in [1.165, 1.54) is 16.1 Å². The van der Waals surface area contributed by atoms with Crippen molar-refractivity contribution in [3.8, 4) is 0 Å². The zero-order valence-corrected chi connectivity index (χ0v) is 16.5. The standard InChI is InChI=1S/C19H16N5S.C2H4O2/c1-2-4-13-12(3-1)14-11-19(15-5-7-20-22-15,16-6-8-21-23-16)17(13)18-24(14)9-10-25-18;1-2(3)4/h1-10,14,17H,11H2,(H,20,22)(H,21,23);1H3,(H,3,4)/q+1;/p-1. The summed E-state index contributed by atoms with van der Waals surface area (Å²) < 4.78 is 2.46. The number of aromatic nitrogens is 5. The van der Waals surface area contributed by atoms with Crippen LogP contribution in [0.25, 0.3) is 0 Å². The monoisotopic (exact) mass is 405 g/mol. The van der Waals surface area contributed by atoms with Gasteiger partial charge in [0.15, 0.2) is 12.2 Å². The number of carboxylic acids is 1. The number of nitrogens with zero attached hydrogens (tertiary/aromatic N) is 3.